The van der Waals surface area contributed by atoms with Gasteiger partial charge in [0, 0.05) is 17.1 Å². The highest BCUT2D eigenvalue weighted by molar-refractivity contribution is 9.10. The summed E-state index contributed by atoms with van der Waals surface area (Å²) in [5, 5.41) is 2.78. The van der Waals surface area contributed by atoms with Crippen molar-refractivity contribution in [2.24, 2.45) is 5.41 Å². The van der Waals surface area contributed by atoms with E-state index in [4.69, 9.17) is 5.73 Å². The van der Waals surface area contributed by atoms with Gasteiger partial charge >= 0.3 is 0 Å². The van der Waals surface area contributed by atoms with Gasteiger partial charge in [0.05, 0.1) is 17.1 Å². The number of carbonyl (C=O) groups is 1. The Morgan fingerprint density at radius 2 is 2.00 bits per heavy atom. The fourth-order valence-electron chi connectivity index (χ4n) is 2.50. The lowest BCUT2D eigenvalue weighted by molar-refractivity contribution is -0.117. The molecule has 0 spiro atoms. The highest BCUT2D eigenvalue weighted by Gasteiger charge is 2.46. The van der Waals surface area contributed by atoms with Crippen LogP contribution in [0.15, 0.2) is 16.6 Å². The van der Waals surface area contributed by atoms with E-state index in [2.05, 4.69) is 21.2 Å². The molecule has 1 aromatic carbocycles. The number of nitrogen functional groups attached to an aromatic ring is 1. The summed E-state index contributed by atoms with van der Waals surface area (Å²) in [4.78, 5) is 12.2. The summed E-state index contributed by atoms with van der Waals surface area (Å²) < 4.78 is 23.7. The summed E-state index contributed by atoms with van der Waals surface area (Å²) in [6, 6.07) is 3.62. The van der Waals surface area contributed by atoms with E-state index < -0.39 is 9.84 Å². The van der Waals surface area contributed by atoms with Gasteiger partial charge in [-0.25, -0.2) is 8.42 Å². The lowest BCUT2D eigenvalue weighted by atomic mass is 10.0. The minimum absolute atomic E-state index is 0. The van der Waals surface area contributed by atoms with Gasteiger partial charge in [0.25, 0.3) is 0 Å². The number of rotatable bonds is 5. The minimum Gasteiger partial charge on any atom is -0.397 e. The first kappa shape index (κ1) is 19.3. The molecule has 1 saturated carbocycles. The lowest BCUT2D eigenvalue weighted by Crippen LogP contribution is -2.23. The summed E-state index contributed by atoms with van der Waals surface area (Å²) in [6.07, 6.45) is 2.98. The zero-order chi connectivity index (χ0) is 15.8. The summed E-state index contributed by atoms with van der Waals surface area (Å²) in [5.41, 5.74) is 7.52. The Labute approximate surface area is 145 Å². The average molecular weight is 412 g/mol. The molecule has 1 aliphatic carbocycles. The molecule has 0 aliphatic heterocycles. The van der Waals surface area contributed by atoms with E-state index in [9.17, 15) is 13.2 Å². The van der Waals surface area contributed by atoms with Crippen LogP contribution in [0.4, 0.5) is 11.4 Å². The number of aryl methyl sites for hydroxylation is 1. The predicted molar refractivity (Wildman–Crippen MR) is 95.2 cm³/mol. The predicted octanol–water partition coefficient (Wildman–Crippen LogP) is 2.91. The van der Waals surface area contributed by atoms with Gasteiger partial charge in [0.15, 0.2) is 0 Å². The number of hydrogen-bond donors (Lipinski definition) is 2. The zero-order valence-corrected chi connectivity index (χ0v) is 15.7. The second kappa shape index (κ2) is 6.76. The van der Waals surface area contributed by atoms with E-state index in [1.165, 1.54) is 6.26 Å². The Hall–Kier alpha value is -0.790. The summed E-state index contributed by atoms with van der Waals surface area (Å²) in [6.45, 7) is 1.86. The molecule has 0 heterocycles. The number of nitrogens with one attached hydrogen (secondary N) is 1. The van der Waals surface area contributed by atoms with E-state index in [-0.39, 0.29) is 35.9 Å². The maximum atomic E-state index is 12.2. The van der Waals surface area contributed by atoms with Crippen LogP contribution in [0.3, 0.4) is 0 Å². The van der Waals surface area contributed by atoms with E-state index in [0.717, 1.165) is 22.9 Å². The average Bonchev–Trinajstić information content (AvgIpc) is 3.01. The highest BCUT2D eigenvalue weighted by Crippen LogP contribution is 2.50. The van der Waals surface area contributed by atoms with Gasteiger partial charge in [-0.15, -0.1) is 12.4 Å². The molecule has 5 nitrogen and oxygen atoms in total. The van der Waals surface area contributed by atoms with Gasteiger partial charge in [-0.05, 0) is 42.9 Å². The number of anilines is 2. The first-order chi connectivity index (χ1) is 9.60. The van der Waals surface area contributed by atoms with Crippen molar-refractivity contribution in [2.45, 2.75) is 26.2 Å². The summed E-state index contributed by atoms with van der Waals surface area (Å²) in [5.74, 6) is -0.124. The van der Waals surface area contributed by atoms with Crippen molar-refractivity contribution in [3.63, 3.8) is 0 Å². The Morgan fingerprint density at radius 3 is 2.50 bits per heavy atom. The molecule has 1 fully saturated rings. The summed E-state index contributed by atoms with van der Waals surface area (Å²) in [7, 11) is -3.07. The molecule has 8 heteroatoms. The molecular formula is C14H20BrClN2O3S. The van der Waals surface area contributed by atoms with Crippen molar-refractivity contribution in [3.05, 3.63) is 22.2 Å². The third kappa shape index (κ3) is 5.14. The molecular weight excluding hydrogens is 392 g/mol. The number of benzene rings is 1. The summed E-state index contributed by atoms with van der Waals surface area (Å²) >= 11 is 3.36. The Bertz CT molecular complexity index is 688. The molecule has 0 saturated heterocycles. The molecule has 1 amide bonds. The number of amides is 1. The molecule has 0 radical (unpaired) electrons. The quantitative estimate of drug-likeness (QED) is 0.729. The second-order valence-electron chi connectivity index (χ2n) is 5.98. The highest BCUT2D eigenvalue weighted by atomic mass is 79.9. The molecule has 0 bridgehead atoms. The number of carbonyl (C=O) groups excluding carboxylic acids is 1. The minimum atomic E-state index is -3.07. The monoisotopic (exact) mass is 410 g/mol. The Morgan fingerprint density at radius 1 is 1.41 bits per heavy atom. The zero-order valence-electron chi connectivity index (χ0n) is 12.5. The largest absolute Gasteiger partial charge is 0.397 e. The van der Waals surface area contributed by atoms with Gasteiger partial charge < -0.3 is 11.1 Å². The molecule has 0 atom stereocenters. The smallest absolute Gasteiger partial charge is 0.225 e. The van der Waals surface area contributed by atoms with Gasteiger partial charge in [-0.3, -0.25) is 4.79 Å². The number of sulfone groups is 1. The number of halogens is 2. The molecule has 1 aliphatic rings. The fourth-order valence-corrected chi connectivity index (χ4v) is 4.57. The first-order valence-corrected chi connectivity index (χ1v) is 9.49. The van der Waals surface area contributed by atoms with Crippen molar-refractivity contribution in [1.29, 1.82) is 0 Å². The molecule has 1 aromatic rings. The molecule has 0 aromatic heterocycles. The number of hydrogen-bond acceptors (Lipinski definition) is 4. The van der Waals surface area contributed by atoms with Crippen LogP contribution in [-0.4, -0.2) is 26.3 Å². The van der Waals surface area contributed by atoms with Crippen LogP contribution in [0.5, 0.6) is 0 Å². The van der Waals surface area contributed by atoms with E-state index in [1.807, 2.05) is 13.0 Å². The van der Waals surface area contributed by atoms with Crippen molar-refractivity contribution in [3.8, 4) is 0 Å². The molecule has 124 valence electrons. The van der Waals surface area contributed by atoms with Gasteiger partial charge in [0.2, 0.25) is 5.91 Å². The molecule has 3 N–H and O–H groups in total. The van der Waals surface area contributed by atoms with Crippen LogP contribution in [0.2, 0.25) is 0 Å². The van der Waals surface area contributed by atoms with E-state index >= 15 is 0 Å². The lowest BCUT2D eigenvalue weighted by Gasteiger charge is -2.15. The molecule has 0 unspecified atom stereocenters. The first-order valence-electron chi connectivity index (χ1n) is 6.63. The van der Waals surface area contributed by atoms with Crippen molar-refractivity contribution >= 4 is 55.5 Å². The topological polar surface area (TPSA) is 89.3 Å². The third-order valence-corrected chi connectivity index (χ3v) is 5.28. The van der Waals surface area contributed by atoms with E-state index in [1.54, 1.807) is 6.07 Å². The van der Waals surface area contributed by atoms with Gasteiger partial charge in [0.1, 0.15) is 9.84 Å². The third-order valence-electron chi connectivity index (χ3n) is 3.69. The Balaban J connectivity index is 0.00000242. The number of nitrogens with two attached hydrogens (primary N) is 1. The maximum Gasteiger partial charge on any atom is 0.225 e. The van der Waals surface area contributed by atoms with Gasteiger partial charge in [-0.1, -0.05) is 15.9 Å². The van der Waals surface area contributed by atoms with Crippen molar-refractivity contribution in [2.75, 3.05) is 23.1 Å². The van der Waals surface area contributed by atoms with Crippen molar-refractivity contribution < 1.29 is 13.2 Å². The van der Waals surface area contributed by atoms with Crippen LogP contribution in [0, 0.1) is 12.3 Å². The normalized spacial score (nSPS) is 15.8. The second-order valence-corrected chi connectivity index (χ2v) is 9.03. The van der Waals surface area contributed by atoms with Crippen LogP contribution >= 0.6 is 28.3 Å². The van der Waals surface area contributed by atoms with E-state index in [0.29, 0.717) is 11.4 Å². The standard InChI is InChI=1S/C14H19BrN2O3S.ClH/c1-9-5-10(15)6-11(13(9)16)17-12(18)7-14(3-4-14)8-21(2,19)20;/h5-6H,3-4,7-8,16H2,1-2H3,(H,17,18);1H. The molecule has 22 heavy (non-hydrogen) atoms. The SMILES string of the molecule is Cc1cc(Br)cc(NC(=O)CC2(CS(C)(=O)=O)CC2)c1N.Cl. The van der Waals surface area contributed by atoms with Crippen molar-refractivity contribution in [1.82, 2.24) is 0 Å². The fraction of sp³-hybridized carbons (Fsp3) is 0.500. The maximum absolute atomic E-state index is 12.2. The molecule has 2 rings (SSSR count). The van der Waals surface area contributed by atoms with Gasteiger partial charge in [-0.2, -0.15) is 0 Å². The van der Waals surface area contributed by atoms with Crippen LogP contribution in [0.1, 0.15) is 24.8 Å². The van der Waals surface area contributed by atoms with Crippen LogP contribution < -0.4 is 11.1 Å². The van der Waals surface area contributed by atoms with Crippen LogP contribution in [0.25, 0.3) is 0 Å². The van der Waals surface area contributed by atoms with Crippen LogP contribution in [-0.2, 0) is 14.6 Å². The Kier molecular flexibility index (Phi) is 5.92.